The van der Waals surface area contributed by atoms with Gasteiger partial charge in [0.2, 0.25) is 0 Å². The van der Waals surface area contributed by atoms with E-state index in [4.69, 9.17) is 9.84 Å². The van der Waals surface area contributed by atoms with Gasteiger partial charge in [0.05, 0.1) is 6.10 Å². The first-order chi connectivity index (χ1) is 11.6. The molecule has 0 unspecified atom stereocenters. The highest BCUT2D eigenvalue weighted by Gasteiger charge is 2.42. The van der Waals surface area contributed by atoms with E-state index in [-0.39, 0.29) is 18.6 Å². The lowest BCUT2D eigenvalue weighted by Gasteiger charge is -1.99. The van der Waals surface area contributed by atoms with Crippen molar-refractivity contribution >= 4 is 5.97 Å². The zero-order chi connectivity index (χ0) is 17.6. The Hall–Kier alpha value is -1.39. The molecule has 0 aromatic rings. The Kier molecular flexibility index (Phi) is 11.2. The topological polar surface area (TPSA) is 70.1 Å². The molecule has 0 saturated carbocycles. The first-order valence-corrected chi connectivity index (χ1v) is 9.17. The van der Waals surface area contributed by atoms with E-state index in [0.29, 0.717) is 6.42 Å². The summed E-state index contributed by atoms with van der Waals surface area (Å²) >= 11 is 0. The molecular weight excluding hydrogens is 304 g/mol. The van der Waals surface area contributed by atoms with Crippen molar-refractivity contribution in [2.45, 2.75) is 83.0 Å². The number of rotatable bonds is 14. The molecule has 0 aromatic heterocycles. The van der Waals surface area contributed by atoms with Crippen molar-refractivity contribution in [2.75, 3.05) is 0 Å². The van der Waals surface area contributed by atoms with E-state index in [1.807, 2.05) is 18.2 Å². The number of carboxylic acid groups (broad SMARTS) is 1. The molecule has 1 aliphatic rings. The van der Waals surface area contributed by atoms with Gasteiger partial charge in [0.1, 0.15) is 12.2 Å². The van der Waals surface area contributed by atoms with Crippen LogP contribution in [0.3, 0.4) is 0 Å². The quantitative estimate of drug-likeness (QED) is 0.280. The van der Waals surface area contributed by atoms with Gasteiger partial charge in [-0.15, -0.1) is 0 Å². The second-order valence-electron chi connectivity index (χ2n) is 6.25. The molecule has 1 aliphatic heterocycles. The molecule has 0 radical (unpaired) electrons. The SMILES string of the molecule is CCCCC/C=C\C[C@@H]1O[C@H]1[C@@H](O)/C=C\C/C=C\CCCC(=O)O. The number of carboxylic acids is 1. The molecule has 0 aromatic carbocycles. The highest BCUT2D eigenvalue weighted by Crippen LogP contribution is 2.29. The van der Waals surface area contributed by atoms with Gasteiger partial charge in [-0.2, -0.15) is 0 Å². The minimum atomic E-state index is -0.749. The normalized spacial score (nSPS) is 21.9. The minimum absolute atomic E-state index is 0.0684. The number of unbranched alkanes of at least 4 members (excludes halogenated alkanes) is 4. The summed E-state index contributed by atoms with van der Waals surface area (Å²) in [6.45, 7) is 2.20. The van der Waals surface area contributed by atoms with Crippen LogP contribution in [0.1, 0.15) is 64.7 Å². The van der Waals surface area contributed by atoms with Crippen molar-refractivity contribution in [3.63, 3.8) is 0 Å². The lowest BCUT2D eigenvalue weighted by molar-refractivity contribution is -0.137. The van der Waals surface area contributed by atoms with Gasteiger partial charge in [-0.3, -0.25) is 4.79 Å². The molecule has 4 heteroatoms. The second-order valence-corrected chi connectivity index (χ2v) is 6.25. The zero-order valence-electron chi connectivity index (χ0n) is 14.8. The second kappa shape index (κ2) is 13.0. The third-order valence-corrected chi connectivity index (χ3v) is 4.00. The Bertz CT molecular complexity index is 425. The lowest BCUT2D eigenvalue weighted by atomic mass is 10.1. The third kappa shape index (κ3) is 10.4. The first kappa shape index (κ1) is 20.7. The van der Waals surface area contributed by atoms with E-state index in [1.54, 1.807) is 6.08 Å². The molecule has 4 nitrogen and oxygen atoms in total. The molecule has 0 amide bonds. The van der Waals surface area contributed by atoms with Crippen molar-refractivity contribution in [2.24, 2.45) is 0 Å². The Morgan fingerprint density at radius 1 is 1.08 bits per heavy atom. The van der Waals surface area contributed by atoms with Gasteiger partial charge in [0.15, 0.2) is 0 Å². The minimum Gasteiger partial charge on any atom is -0.481 e. The number of aliphatic carboxylic acids is 1. The summed E-state index contributed by atoms with van der Waals surface area (Å²) in [6, 6.07) is 0. The zero-order valence-corrected chi connectivity index (χ0v) is 14.8. The van der Waals surface area contributed by atoms with Crippen LogP contribution in [0, 0.1) is 0 Å². The van der Waals surface area contributed by atoms with Gasteiger partial charge in [0.25, 0.3) is 0 Å². The average Bonchev–Trinajstić information content (AvgIpc) is 3.32. The van der Waals surface area contributed by atoms with Gasteiger partial charge >= 0.3 is 5.97 Å². The fourth-order valence-electron chi connectivity index (χ4n) is 2.50. The molecule has 24 heavy (non-hydrogen) atoms. The number of hydrogen-bond donors (Lipinski definition) is 2. The summed E-state index contributed by atoms with van der Waals surface area (Å²) in [7, 11) is 0. The summed E-state index contributed by atoms with van der Waals surface area (Å²) in [5, 5.41) is 18.5. The summed E-state index contributed by atoms with van der Waals surface area (Å²) in [5.41, 5.74) is 0. The molecule has 136 valence electrons. The number of hydrogen-bond acceptors (Lipinski definition) is 3. The standard InChI is InChI=1S/C20H32O4/c1-2-3-4-5-9-12-15-18-20(24-18)17(21)14-11-8-6-7-10-13-16-19(22)23/h6-7,9,11-12,14,17-18,20-21H,2-5,8,10,13,15-16H2,1H3,(H,22,23)/b7-6-,12-9-,14-11-/t17-,18-,20-/m0/s1. The van der Waals surface area contributed by atoms with Gasteiger partial charge in [0, 0.05) is 6.42 Å². The maximum absolute atomic E-state index is 10.4. The van der Waals surface area contributed by atoms with Crippen LogP contribution in [0.15, 0.2) is 36.5 Å². The van der Waals surface area contributed by atoms with Crippen molar-refractivity contribution in [1.29, 1.82) is 0 Å². The maximum Gasteiger partial charge on any atom is 0.303 e. The van der Waals surface area contributed by atoms with Crippen LogP contribution in [0.25, 0.3) is 0 Å². The Morgan fingerprint density at radius 3 is 2.58 bits per heavy atom. The lowest BCUT2D eigenvalue weighted by Crippen LogP contribution is -2.13. The number of carbonyl (C=O) groups is 1. The highest BCUT2D eigenvalue weighted by molar-refractivity contribution is 5.66. The van der Waals surface area contributed by atoms with Crippen LogP contribution in [0.4, 0.5) is 0 Å². The Balaban J connectivity index is 2.04. The van der Waals surface area contributed by atoms with E-state index < -0.39 is 12.1 Å². The fourth-order valence-corrected chi connectivity index (χ4v) is 2.50. The van der Waals surface area contributed by atoms with Crippen LogP contribution in [-0.2, 0) is 9.53 Å². The Morgan fingerprint density at radius 2 is 1.83 bits per heavy atom. The van der Waals surface area contributed by atoms with Gasteiger partial charge in [-0.1, -0.05) is 56.2 Å². The van der Waals surface area contributed by atoms with Gasteiger partial charge in [-0.05, 0) is 38.5 Å². The molecule has 1 saturated heterocycles. The van der Waals surface area contributed by atoms with Crippen molar-refractivity contribution < 1.29 is 19.7 Å². The summed E-state index contributed by atoms with van der Waals surface area (Å²) in [4.78, 5) is 10.4. The van der Waals surface area contributed by atoms with Gasteiger partial charge in [-0.25, -0.2) is 0 Å². The van der Waals surface area contributed by atoms with E-state index in [2.05, 4.69) is 19.1 Å². The molecule has 3 atom stereocenters. The molecular formula is C20H32O4. The molecule has 1 heterocycles. The van der Waals surface area contributed by atoms with Crippen LogP contribution in [-0.4, -0.2) is 34.5 Å². The largest absolute Gasteiger partial charge is 0.481 e. The maximum atomic E-state index is 10.4. The number of epoxide rings is 1. The van der Waals surface area contributed by atoms with E-state index in [1.165, 1.54) is 19.3 Å². The van der Waals surface area contributed by atoms with Crippen molar-refractivity contribution in [3.8, 4) is 0 Å². The number of allylic oxidation sites excluding steroid dienone is 4. The van der Waals surface area contributed by atoms with Gasteiger partial charge < -0.3 is 14.9 Å². The molecule has 1 rings (SSSR count). The average molecular weight is 336 g/mol. The van der Waals surface area contributed by atoms with Crippen LogP contribution in [0.2, 0.25) is 0 Å². The highest BCUT2D eigenvalue weighted by atomic mass is 16.6. The smallest absolute Gasteiger partial charge is 0.303 e. The third-order valence-electron chi connectivity index (χ3n) is 4.00. The number of ether oxygens (including phenoxy) is 1. The van der Waals surface area contributed by atoms with E-state index >= 15 is 0 Å². The predicted molar refractivity (Wildman–Crippen MR) is 97.0 cm³/mol. The summed E-state index contributed by atoms with van der Waals surface area (Å²) < 4.78 is 5.51. The molecule has 0 bridgehead atoms. The van der Waals surface area contributed by atoms with E-state index in [0.717, 1.165) is 25.7 Å². The monoisotopic (exact) mass is 336 g/mol. The number of aliphatic hydroxyl groups is 1. The van der Waals surface area contributed by atoms with Crippen LogP contribution < -0.4 is 0 Å². The molecule has 0 spiro atoms. The van der Waals surface area contributed by atoms with Crippen LogP contribution >= 0.6 is 0 Å². The molecule has 0 aliphatic carbocycles. The predicted octanol–water partition coefficient (Wildman–Crippen LogP) is 4.40. The van der Waals surface area contributed by atoms with E-state index in [9.17, 15) is 9.90 Å². The van der Waals surface area contributed by atoms with Crippen LogP contribution in [0.5, 0.6) is 0 Å². The summed E-state index contributed by atoms with van der Waals surface area (Å²) in [6.07, 6.45) is 19.8. The van der Waals surface area contributed by atoms with Crippen molar-refractivity contribution in [3.05, 3.63) is 36.5 Å². The van der Waals surface area contributed by atoms with Crippen molar-refractivity contribution in [1.82, 2.24) is 0 Å². The fraction of sp³-hybridized carbons (Fsp3) is 0.650. The first-order valence-electron chi connectivity index (χ1n) is 9.17. The number of aliphatic hydroxyl groups excluding tert-OH is 1. The molecule has 2 N–H and O–H groups in total. The summed E-state index contributed by atoms with van der Waals surface area (Å²) in [5.74, 6) is -0.749. The Labute approximate surface area is 145 Å². The molecule has 1 fully saturated rings.